The van der Waals surface area contributed by atoms with Crippen LogP contribution in [0.1, 0.15) is 16.1 Å². The molecule has 2 heterocycles. The number of halogens is 1. The molecule has 130 valence electrons. The van der Waals surface area contributed by atoms with Crippen molar-refractivity contribution in [3.63, 3.8) is 0 Å². The first-order valence-corrected chi connectivity index (χ1v) is 7.94. The first-order chi connectivity index (χ1) is 12.5. The molecule has 0 aliphatic heterocycles. The molecule has 1 amide bonds. The second-order valence-corrected chi connectivity index (χ2v) is 5.64. The lowest BCUT2D eigenvalue weighted by molar-refractivity contribution is -0.132. The Morgan fingerprint density at radius 1 is 1.08 bits per heavy atom. The van der Waals surface area contributed by atoms with Gasteiger partial charge in [0.1, 0.15) is 22.4 Å². The van der Waals surface area contributed by atoms with Crippen LogP contribution in [0.2, 0.25) is 5.15 Å². The SMILES string of the molecule is O=C(O)C(=Cc1ccc(-c2ccccc2)o1)NC(=O)c1ccc(Cl)nc1. The molecule has 0 spiro atoms. The van der Waals surface area contributed by atoms with Gasteiger partial charge < -0.3 is 14.8 Å². The van der Waals surface area contributed by atoms with Gasteiger partial charge >= 0.3 is 5.97 Å². The highest BCUT2D eigenvalue weighted by Gasteiger charge is 2.15. The molecule has 0 aliphatic carbocycles. The number of carboxylic acids is 1. The zero-order valence-electron chi connectivity index (χ0n) is 13.3. The van der Waals surface area contributed by atoms with Gasteiger partial charge in [0.15, 0.2) is 0 Å². The van der Waals surface area contributed by atoms with E-state index < -0.39 is 11.9 Å². The molecule has 0 atom stereocenters. The number of pyridine rings is 1. The van der Waals surface area contributed by atoms with Gasteiger partial charge in [-0.15, -0.1) is 0 Å². The molecule has 6 nitrogen and oxygen atoms in total. The third-order valence-electron chi connectivity index (χ3n) is 3.44. The van der Waals surface area contributed by atoms with Crippen molar-refractivity contribution in [3.05, 3.63) is 83.0 Å². The molecular weight excluding hydrogens is 356 g/mol. The summed E-state index contributed by atoms with van der Waals surface area (Å²) in [6.07, 6.45) is 2.51. The van der Waals surface area contributed by atoms with E-state index in [1.807, 2.05) is 30.3 Å². The van der Waals surface area contributed by atoms with E-state index in [0.717, 1.165) is 5.56 Å². The number of hydrogen-bond donors (Lipinski definition) is 2. The normalized spacial score (nSPS) is 11.2. The number of nitrogens with zero attached hydrogens (tertiary/aromatic N) is 1. The molecule has 3 rings (SSSR count). The van der Waals surface area contributed by atoms with Gasteiger partial charge in [0, 0.05) is 17.8 Å². The average molecular weight is 369 g/mol. The van der Waals surface area contributed by atoms with Gasteiger partial charge in [0.05, 0.1) is 5.56 Å². The fourth-order valence-electron chi connectivity index (χ4n) is 2.19. The van der Waals surface area contributed by atoms with Crippen molar-refractivity contribution in [2.75, 3.05) is 0 Å². The quantitative estimate of drug-likeness (QED) is 0.527. The van der Waals surface area contributed by atoms with Gasteiger partial charge in [0.25, 0.3) is 5.91 Å². The first-order valence-electron chi connectivity index (χ1n) is 7.56. The smallest absolute Gasteiger partial charge is 0.352 e. The minimum Gasteiger partial charge on any atom is -0.477 e. The standard InChI is InChI=1S/C19H13ClN2O4/c20-17-9-6-13(11-21-17)18(23)22-15(19(24)25)10-14-7-8-16(26-14)12-4-2-1-3-5-12/h1-11H,(H,22,23)(H,24,25). The van der Waals surface area contributed by atoms with Crippen molar-refractivity contribution in [2.45, 2.75) is 0 Å². The maximum absolute atomic E-state index is 12.2. The van der Waals surface area contributed by atoms with E-state index in [1.54, 1.807) is 12.1 Å². The number of nitrogens with one attached hydrogen (secondary N) is 1. The van der Waals surface area contributed by atoms with E-state index in [4.69, 9.17) is 16.0 Å². The van der Waals surface area contributed by atoms with E-state index >= 15 is 0 Å². The highest BCUT2D eigenvalue weighted by atomic mass is 35.5. The predicted molar refractivity (Wildman–Crippen MR) is 96.5 cm³/mol. The molecule has 0 bridgehead atoms. The second-order valence-electron chi connectivity index (χ2n) is 5.25. The Hall–Kier alpha value is -3.38. The summed E-state index contributed by atoms with van der Waals surface area (Å²) < 4.78 is 5.63. The lowest BCUT2D eigenvalue weighted by atomic mass is 10.2. The van der Waals surface area contributed by atoms with Crippen molar-refractivity contribution in [1.29, 1.82) is 0 Å². The number of amides is 1. The third-order valence-corrected chi connectivity index (χ3v) is 3.66. The predicted octanol–water partition coefficient (Wildman–Crippen LogP) is 3.85. The maximum Gasteiger partial charge on any atom is 0.352 e. The largest absolute Gasteiger partial charge is 0.477 e. The molecule has 1 aromatic carbocycles. The number of carbonyl (C=O) groups is 2. The number of furan rings is 1. The molecular formula is C19H13ClN2O4. The van der Waals surface area contributed by atoms with Crippen molar-refractivity contribution >= 4 is 29.6 Å². The van der Waals surface area contributed by atoms with Crippen LogP contribution in [0.5, 0.6) is 0 Å². The van der Waals surface area contributed by atoms with E-state index in [1.165, 1.54) is 24.4 Å². The van der Waals surface area contributed by atoms with E-state index in [-0.39, 0.29) is 16.4 Å². The molecule has 0 saturated heterocycles. The Bertz CT molecular complexity index is 963. The lowest BCUT2D eigenvalue weighted by Crippen LogP contribution is -2.27. The van der Waals surface area contributed by atoms with Crippen LogP contribution < -0.4 is 5.32 Å². The summed E-state index contributed by atoms with van der Waals surface area (Å²) in [7, 11) is 0. The Morgan fingerprint density at radius 3 is 2.50 bits per heavy atom. The zero-order chi connectivity index (χ0) is 18.5. The van der Waals surface area contributed by atoms with Crippen LogP contribution in [0.25, 0.3) is 17.4 Å². The summed E-state index contributed by atoms with van der Waals surface area (Å²) in [6, 6.07) is 15.6. The van der Waals surface area contributed by atoms with Crippen LogP contribution in [0, 0.1) is 0 Å². The van der Waals surface area contributed by atoms with Gasteiger partial charge in [-0.2, -0.15) is 0 Å². The van der Waals surface area contributed by atoms with Gasteiger partial charge in [-0.25, -0.2) is 9.78 Å². The molecule has 2 N–H and O–H groups in total. The van der Waals surface area contributed by atoms with Crippen molar-refractivity contribution in [1.82, 2.24) is 10.3 Å². The van der Waals surface area contributed by atoms with Crippen molar-refractivity contribution in [3.8, 4) is 11.3 Å². The number of carbonyl (C=O) groups excluding carboxylic acids is 1. The molecule has 2 aromatic heterocycles. The lowest BCUT2D eigenvalue weighted by Gasteiger charge is -2.05. The molecule has 0 radical (unpaired) electrons. The van der Waals surface area contributed by atoms with E-state index in [2.05, 4.69) is 10.3 Å². The summed E-state index contributed by atoms with van der Waals surface area (Å²) in [5, 5.41) is 11.9. The monoisotopic (exact) mass is 368 g/mol. The molecule has 7 heteroatoms. The topological polar surface area (TPSA) is 92.4 Å². The Labute approximate surface area is 153 Å². The van der Waals surface area contributed by atoms with Crippen LogP contribution in [-0.2, 0) is 4.79 Å². The minimum absolute atomic E-state index is 0.186. The molecule has 26 heavy (non-hydrogen) atoms. The summed E-state index contributed by atoms with van der Waals surface area (Å²) >= 11 is 5.67. The van der Waals surface area contributed by atoms with Crippen LogP contribution in [0.4, 0.5) is 0 Å². The number of rotatable bonds is 5. The average Bonchev–Trinajstić information content (AvgIpc) is 3.11. The fourth-order valence-corrected chi connectivity index (χ4v) is 2.30. The first kappa shape index (κ1) is 17.4. The minimum atomic E-state index is -1.29. The van der Waals surface area contributed by atoms with Gasteiger partial charge in [-0.05, 0) is 24.3 Å². The van der Waals surface area contributed by atoms with Gasteiger partial charge in [-0.3, -0.25) is 4.79 Å². The van der Waals surface area contributed by atoms with Crippen LogP contribution in [0.3, 0.4) is 0 Å². The Morgan fingerprint density at radius 2 is 1.85 bits per heavy atom. The van der Waals surface area contributed by atoms with Crippen LogP contribution in [-0.4, -0.2) is 22.0 Å². The Kier molecular flexibility index (Phi) is 5.15. The highest BCUT2D eigenvalue weighted by molar-refractivity contribution is 6.29. The fraction of sp³-hybridized carbons (Fsp3) is 0. The third kappa shape index (κ3) is 4.17. The number of aromatic nitrogens is 1. The molecule has 0 unspecified atom stereocenters. The second kappa shape index (κ2) is 7.67. The summed E-state index contributed by atoms with van der Waals surface area (Å²) in [4.78, 5) is 27.4. The van der Waals surface area contributed by atoms with E-state index in [9.17, 15) is 14.7 Å². The number of benzene rings is 1. The summed E-state index contributed by atoms with van der Waals surface area (Å²) in [5.74, 6) is -1.01. The summed E-state index contributed by atoms with van der Waals surface area (Å²) in [5.41, 5.74) is 0.727. The zero-order valence-corrected chi connectivity index (χ0v) is 14.1. The molecule has 0 saturated carbocycles. The van der Waals surface area contributed by atoms with Gasteiger partial charge in [-0.1, -0.05) is 41.9 Å². The van der Waals surface area contributed by atoms with Crippen LogP contribution in [0.15, 0.2) is 70.9 Å². The molecule has 0 fully saturated rings. The van der Waals surface area contributed by atoms with Gasteiger partial charge in [0.2, 0.25) is 0 Å². The van der Waals surface area contributed by atoms with Crippen molar-refractivity contribution < 1.29 is 19.1 Å². The highest BCUT2D eigenvalue weighted by Crippen LogP contribution is 2.23. The van der Waals surface area contributed by atoms with Crippen LogP contribution >= 0.6 is 11.6 Å². The molecule has 0 aliphatic rings. The molecule has 3 aromatic rings. The van der Waals surface area contributed by atoms with Crippen molar-refractivity contribution in [2.24, 2.45) is 0 Å². The maximum atomic E-state index is 12.2. The Balaban J connectivity index is 1.82. The number of carboxylic acid groups (broad SMARTS) is 1. The van der Waals surface area contributed by atoms with E-state index in [0.29, 0.717) is 11.5 Å². The summed E-state index contributed by atoms with van der Waals surface area (Å²) in [6.45, 7) is 0. The number of hydrogen-bond acceptors (Lipinski definition) is 4. The number of aliphatic carboxylic acids is 1.